The van der Waals surface area contributed by atoms with Gasteiger partial charge in [0.15, 0.2) is 0 Å². The molecule has 0 aliphatic rings. The third-order valence-electron chi connectivity index (χ3n) is 1.39. The van der Waals surface area contributed by atoms with Crippen molar-refractivity contribution in [2.24, 2.45) is 0 Å². The van der Waals surface area contributed by atoms with E-state index in [1.54, 1.807) is 0 Å². The average molecular weight is 254 g/mol. The Bertz CT molecular complexity index is 218. The highest BCUT2D eigenvalue weighted by atomic mass is 79.9. The molecule has 0 saturated carbocycles. The van der Waals surface area contributed by atoms with Gasteiger partial charge in [0.1, 0.15) is 4.29 Å². The van der Waals surface area contributed by atoms with E-state index in [-0.39, 0.29) is 4.29 Å². The van der Waals surface area contributed by atoms with Crippen molar-refractivity contribution in [2.45, 2.75) is 10.2 Å². The highest BCUT2D eigenvalue weighted by Crippen LogP contribution is 2.26. The van der Waals surface area contributed by atoms with Crippen LogP contribution in [0.4, 0.5) is 0 Å². The quantitative estimate of drug-likeness (QED) is 0.698. The molecule has 0 radical (unpaired) electrons. The van der Waals surface area contributed by atoms with Crippen LogP contribution in [0, 0.1) is 0 Å². The normalized spacial score (nSPS) is 13.0. The maximum atomic E-state index is 5.78. The van der Waals surface area contributed by atoms with E-state index in [1.165, 1.54) is 0 Å². The molecule has 0 N–H and O–H groups in total. The van der Waals surface area contributed by atoms with E-state index in [1.807, 2.05) is 24.3 Å². The summed E-state index contributed by atoms with van der Waals surface area (Å²) in [6.07, 6.45) is 0. The Hall–Kier alpha value is 0.280. The Morgan fingerprint density at radius 1 is 1.27 bits per heavy atom. The van der Waals surface area contributed by atoms with Crippen LogP contribution >= 0.6 is 39.1 Å². The summed E-state index contributed by atoms with van der Waals surface area (Å²) in [7, 11) is 0. The van der Waals surface area contributed by atoms with Gasteiger partial charge in [0, 0.05) is 5.88 Å². The standard InChI is InChI=1S/C8H7BrCl2/c9-8(11)7-3-1-6(5-10)2-4-7/h1-4,8H,5H2. The highest BCUT2D eigenvalue weighted by molar-refractivity contribution is 9.09. The molecule has 0 bridgehead atoms. The summed E-state index contributed by atoms with van der Waals surface area (Å²) >= 11 is 14.7. The van der Waals surface area contributed by atoms with Gasteiger partial charge in [-0.2, -0.15) is 0 Å². The van der Waals surface area contributed by atoms with Crippen LogP contribution < -0.4 is 0 Å². The van der Waals surface area contributed by atoms with Crippen molar-refractivity contribution in [3.8, 4) is 0 Å². The predicted octanol–water partition coefficient (Wildman–Crippen LogP) is 4.06. The van der Waals surface area contributed by atoms with Gasteiger partial charge in [-0.15, -0.1) is 23.2 Å². The molecule has 3 heteroatoms. The topological polar surface area (TPSA) is 0 Å². The van der Waals surface area contributed by atoms with Gasteiger partial charge in [0.2, 0.25) is 0 Å². The van der Waals surface area contributed by atoms with Crippen LogP contribution in [0.5, 0.6) is 0 Å². The molecule has 0 aliphatic carbocycles. The van der Waals surface area contributed by atoms with E-state index < -0.39 is 0 Å². The molecular weight excluding hydrogens is 247 g/mol. The third kappa shape index (κ3) is 2.66. The van der Waals surface area contributed by atoms with Gasteiger partial charge in [-0.1, -0.05) is 40.2 Å². The predicted molar refractivity (Wildman–Crippen MR) is 53.5 cm³/mol. The molecule has 0 aromatic heterocycles. The zero-order chi connectivity index (χ0) is 8.27. The Morgan fingerprint density at radius 3 is 2.18 bits per heavy atom. The van der Waals surface area contributed by atoms with Gasteiger partial charge >= 0.3 is 0 Å². The summed E-state index contributed by atoms with van der Waals surface area (Å²) in [6, 6.07) is 7.87. The van der Waals surface area contributed by atoms with E-state index in [9.17, 15) is 0 Å². The van der Waals surface area contributed by atoms with Crippen molar-refractivity contribution in [2.75, 3.05) is 0 Å². The summed E-state index contributed by atoms with van der Waals surface area (Å²) in [6.45, 7) is 0. The SMILES string of the molecule is ClCc1ccc(C(Cl)Br)cc1. The first kappa shape index (κ1) is 9.37. The third-order valence-corrected chi connectivity index (χ3v) is 2.48. The van der Waals surface area contributed by atoms with Crippen molar-refractivity contribution < 1.29 is 0 Å². The van der Waals surface area contributed by atoms with Gasteiger partial charge in [0.25, 0.3) is 0 Å². The Balaban J connectivity index is 2.83. The number of hydrogen-bond acceptors (Lipinski definition) is 0. The lowest BCUT2D eigenvalue weighted by Crippen LogP contribution is -1.82. The van der Waals surface area contributed by atoms with Gasteiger partial charge < -0.3 is 0 Å². The number of rotatable bonds is 2. The molecule has 11 heavy (non-hydrogen) atoms. The van der Waals surface area contributed by atoms with Crippen molar-refractivity contribution in [3.05, 3.63) is 35.4 Å². The number of benzene rings is 1. The lowest BCUT2D eigenvalue weighted by Gasteiger charge is -2.01. The second kappa shape index (κ2) is 4.34. The van der Waals surface area contributed by atoms with Crippen molar-refractivity contribution in [3.63, 3.8) is 0 Å². The largest absolute Gasteiger partial charge is 0.122 e. The van der Waals surface area contributed by atoms with Crippen LogP contribution in [-0.4, -0.2) is 0 Å². The van der Waals surface area contributed by atoms with Gasteiger partial charge in [-0.05, 0) is 11.1 Å². The molecule has 0 saturated heterocycles. The van der Waals surface area contributed by atoms with E-state index >= 15 is 0 Å². The van der Waals surface area contributed by atoms with Crippen LogP contribution in [0.25, 0.3) is 0 Å². The molecule has 60 valence electrons. The Kier molecular flexibility index (Phi) is 3.70. The second-order valence-corrected chi connectivity index (χ2v) is 4.32. The summed E-state index contributed by atoms with van der Waals surface area (Å²) < 4.78 is -0.105. The van der Waals surface area contributed by atoms with Crippen LogP contribution in [0.1, 0.15) is 15.4 Å². The Labute approximate surface area is 84.6 Å². The summed E-state index contributed by atoms with van der Waals surface area (Å²) in [4.78, 5) is 0. The van der Waals surface area contributed by atoms with E-state index in [0.717, 1.165) is 11.1 Å². The van der Waals surface area contributed by atoms with Crippen LogP contribution in [0.3, 0.4) is 0 Å². The van der Waals surface area contributed by atoms with Crippen molar-refractivity contribution in [1.29, 1.82) is 0 Å². The number of halogens is 3. The maximum absolute atomic E-state index is 5.78. The summed E-state index contributed by atoms with van der Waals surface area (Å²) in [5.41, 5.74) is 2.17. The number of hydrogen-bond donors (Lipinski definition) is 0. The van der Waals surface area contributed by atoms with E-state index in [2.05, 4.69) is 15.9 Å². The minimum Gasteiger partial charge on any atom is -0.122 e. The second-order valence-electron chi connectivity index (χ2n) is 2.18. The van der Waals surface area contributed by atoms with Gasteiger partial charge in [-0.3, -0.25) is 0 Å². The molecule has 0 amide bonds. The molecular formula is C8H7BrCl2. The summed E-state index contributed by atoms with van der Waals surface area (Å²) in [5.74, 6) is 0.551. The molecule has 1 aromatic carbocycles. The molecule has 1 aromatic rings. The van der Waals surface area contributed by atoms with Gasteiger partial charge in [-0.25, -0.2) is 0 Å². The lowest BCUT2D eigenvalue weighted by atomic mass is 10.2. The van der Waals surface area contributed by atoms with Gasteiger partial charge in [0.05, 0.1) is 0 Å². The van der Waals surface area contributed by atoms with Crippen molar-refractivity contribution >= 4 is 39.1 Å². The minimum absolute atomic E-state index is 0.105. The molecule has 1 atom stereocenters. The molecule has 0 aliphatic heterocycles. The van der Waals surface area contributed by atoms with E-state index in [4.69, 9.17) is 23.2 Å². The monoisotopic (exact) mass is 252 g/mol. The van der Waals surface area contributed by atoms with E-state index in [0.29, 0.717) is 5.88 Å². The lowest BCUT2D eigenvalue weighted by molar-refractivity contribution is 1.32. The van der Waals surface area contributed by atoms with Crippen LogP contribution in [0.15, 0.2) is 24.3 Å². The average Bonchev–Trinajstić information content (AvgIpc) is 2.05. The first-order valence-corrected chi connectivity index (χ1v) is 5.05. The Morgan fingerprint density at radius 2 is 1.82 bits per heavy atom. The smallest absolute Gasteiger partial charge is 0.113 e. The molecule has 0 spiro atoms. The fourth-order valence-corrected chi connectivity index (χ4v) is 1.38. The molecule has 0 heterocycles. The molecule has 0 fully saturated rings. The van der Waals surface area contributed by atoms with Crippen LogP contribution in [0.2, 0.25) is 0 Å². The summed E-state index contributed by atoms with van der Waals surface area (Å²) in [5, 5.41) is 0. The number of alkyl halides is 3. The van der Waals surface area contributed by atoms with Crippen molar-refractivity contribution in [1.82, 2.24) is 0 Å². The van der Waals surface area contributed by atoms with Crippen LogP contribution in [-0.2, 0) is 5.88 Å². The first-order chi connectivity index (χ1) is 5.24. The molecule has 0 nitrogen and oxygen atoms in total. The molecule has 1 unspecified atom stereocenters. The molecule has 1 rings (SSSR count). The first-order valence-electron chi connectivity index (χ1n) is 3.17. The fourth-order valence-electron chi connectivity index (χ4n) is 0.752. The highest BCUT2D eigenvalue weighted by Gasteiger charge is 2.00. The fraction of sp³-hybridized carbons (Fsp3) is 0.250. The maximum Gasteiger partial charge on any atom is 0.113 e. The minimum atomic E-state index is -0.105. The zero-order valence-corrected chi connectivity index (χ0v) is 8.83. The zero-order valence-electron chi connectivity index (χ0n) is 5.73.